The molecule has 0 saturated carbocycles. The number of hydrogen-bond donors (Lipinski definition) is 2. The van der Waals surface area contributed by atoms with Gasteiger partial charge in [-0.15, -0.1) is 0 Å². The number of sulfonamides is 1. The summed E-state index contributed by atoms with van der Waals surface area (Å²) in [4.78, 5) is 6.84. The quantitative estimate of drug-likeness (QED) is 0.683. The minimum atomic E-state index is -3.43. The van der Waals surface area contributed by atoms with Gasteiger partial charge in [0, 0.05) is 20.0 Å². The molecule has 0 amide bonds. The van der Waals surface area contributed by atoms with Crippen molar-refractivity contribution in [1.82, 2.24) is 14.3 Å². The minimum Gasteiger partial charge on any atom is -0.332 e. The second kappa shape index (κ2) is 6.86. The van der Waals surface area contributed by atoms with Gasteiger partial charge in [0.2, 0.25) is 0 Å². The van der Waals surface area contributed by atoms with Gasteiger partial charge in [0.05, 0.1) is 6.20 Å². The number of rotatable bonds is 8. The van der Waals surface area contributed by atoms with E-state index in [-0.39, 0.29) is 5.03 Å². The Morgan fingerprint density at radius 1 is 1.39 bits per heavy atom. The summed E-state index contributed by atoms with van der Waals surface area (Å²) < 4.78 is 25.7. The first kappa shape index (κ1) is 15.1. The van der Waals surface area contributed by atoms with Crippen LogP contribution in [0.2, 0.25) is 0 Å². The molecule has 0 radical (unpaired) electrons. The van der Waals surface area contributed by atoms with Crippen LogP contribution in [-0.4, -0.2) is 42.8 Å². The number of nitrogens with one attached hydrogen (secondary N) is 1. The van der Waals surface area contributed by atoms with Crippen molar-refractivity contribution in [2.45, 2.75) is 37.6 Å². The first-order valence-electron chi connectivity index (χ1n) is 6.22. The lowest BCUT2D eigenvalue weighted by atomic mass is 10.2. The van der Waals surface area contributed by atoms with Crippen LogP contribution in [0.1, 0.15) is 32.0 Å². The fraction of sp³-hybridized carbons (Fsp3) is 0.727. The van der Waals surface area contributed by atoms with E-state index in [9.17, 15) is 8.42 Å². The van der Waals surface area contributed by atoms with E-state index in [1.807, 2.05) is 6.92 Å². The first-order chi connectivity index (χ1) is 8.52. The van der Waals surface area contributed by atoms with E-state index in [0.717, 1.165) is 19.3 Å². The van der Waals surface area contributed by atoms with Gasteiger partial charge in [0.1, 0.15) is 5.82 Å². The Morgan fingerprint density at radius 2 is 2.11 bits per heavy atom. The van der Waals surface area contributed by atoms with Gasteiger partial charge in [0.25, 0.3) is 10.0 Å². The summed E-state index contributed by atoms with van der Waals surface area (Å²) in [6, 6.07) is 0. The number of nitrogens with zero attached hydrogens (tertiary/aromatic N) is 2. The molecule has 0 unspecified atom stereocenters. The Hall–Kier alpha value is -0.920. The third-order valence-corrected chi connectivity index (χ3v) is 4.57. The van der Waals surface area contributed by atoms with E-state index >= 15 is 0 Å². The van der Waals surface area contributed by atoms with Gasteiger partial charge in [-0.1, -0.05) is 13.3 Å². The van der Waals surface area contributed by atoms with Crippen molar-refractivity contribution < 1.29 is 8.42 Å². The molecule has 0 aliphatic carbocycles. The summed E-state index contributed by atoms with van der Waals surface area (Å²) in [6.07, 6.45) is 4.76. The highest BCUT2D eigenvalue weighted by Gasteiger charge is 2.22. The average Bonchev–Trinajstić information content (AvgIpc) is 2.83. The molecule has 0 atom stereocenters. The Bertz CT molecular complexity index is 455. The smallest absolute Gasteiger partial charge is 0.259 e. The molecule has 0 aliphatic heterocycles. The number of unbranched alkanes of at least 4 members (excludes halogenated alkanes) is 2. The molecule has 18 heavy (non-hydrogen) atoms. The van der Waals surface area contributed by atoms with Crippen LogP contribution in [0.5, 0.6) is 0 Å². The molecule has 0 aliphatic rings. The lowest BCUT2D eigenvalue weighted by molar-refractivity contribution is 0.451. The predicted octanol–water partition coefficient (Wildman–Crippen LogP) is 0.722. The van der Waals surface area contributed by atoms with Crippen LogP contribution in [0.25, 0.3) is 0 Å². The van der Waals surface area contributed by atoms with Crippen molar-refractivity contribution in [2.24, 2.45) is 5.73 Å². The topological polar surface area (TPSA) is 92.1 Å². The maximum absolute atomic E-state index is 12.2. The van der Waals surface area contributed by atoms with Crippen molar-refractivity contribution in [3.63, 3.8) is 0 Å². The maximum Gasteiger partial charge on any atom is 0.259 e. The van der Waals surface area contributed by atoms with Crippen molar-refractivity contribution in [1.29, 1.82) is 0 Å². The maximum atomic E-state index is 12.2. The van der Waals surface area contributed by atoms with E-state index in [2.05, 4.69) is 9.97 Å². The van der Waals surface area contributed by atoms with Crippen LogP contribution in [0.15, 0.2) is 11.2 Å². The summed E-state index contributed by atoms with van der Waals surface area (Å²) >= 11 is 0. The van der Waals surface area contributed by atoms with E-state index in [4.69, 9.17) is 5.73 Å². The van der Waals surface area contributed by atoms with Gasteiger partial charge in [0.15, 0.2) is 5.03 Å². The molecular weight excluding hydrogens is 252 g/mol. The van der Waals surface area contributed by atoms with Gasteiger partial charge in [-0.2, -0.15) is 4.31 Å². The van der Waals surface area contributed by atoms with Gasteiger partial charge in [-0.25, -0.2) is 13.4 Å². The number of imidazole rings is 1. The van der Waals surface area contributed by atoms with Gasteiger partial charge in [-0.3, -0.25) is 0 Å². The number of aromatic nitrogens is 2. The molecule has 1 heterocycles. The standard InChI is InChI=1S/C11H22N4O2S/c1-3-10-13-9-11(14-10)18(16,17)15(2)8-6-4-5-7-12/h9H,3-8,12H2,1-2H3,(H,13,14). The summed E-state index contributed by atoms with van der Waals surface area (Å²) in [5.74, 6) is 0.685. The first-order valence-corrected chi connectivity index (χ1v) is 7.66. The Morgan fingerprint density at radius 3 is 2.67 bits per heavy atom. The normalized spacial score (nSPS) is 12.2. The number of aryl methyl sites for hydroxylation is 1. The molecule has 1 rings (SSSR count). The highest BCUT2D eigenvalue weighted by Crippen LogP contribution is 2.12. The predicted molar refractivity (Wildman–Crippen MR) is 70.7 cm³/mol. The minimum absolute atomic E-state index is 0.167. The van der Waals surface area contributed by atoms with Gasteiger partial charge in [-0.05, 0) is 19.4 Å². The highest BCUT2D eigenvalue weighted by atomic mass is 32.2. The fourth-order valence-electron chi connectivity index (χ4n) is 1.60. The third-order valence-electron chi connectivity index (χ3n) is 2.81. The van der Waals surface area contributed by atoms with Crippen molar-refractivity contribution in [3.8, 4) is 0 Å². The molecule has 3 N–H and O–H groups in total. The molecule has 1 aromatic rings. The molecule has 0 bridgehead atoms. The third kappa shape index (κ3) is 3.79. The number of H-pyrrole nitrogens is 1. The zero-order chi connectivity index (χ0) is 13.6. The monoisotopic (exact) mass is 274 g/mol. The van der Waals surface area contributed by atoms with Gasteiger partial charge >= 0.3 is 0 Å². The number of hydrogen-bond acceptors (Lipinski definition) is 4. The van der Waals surface area contributed by atoms with Crippen molar-refractivity contribution in [2.75, 3.05) is 20.1 Å². The second-order valence-corrected chi connectivity index (χ2v) is 6.24. The van der Waals surface area contributed by atoms with Gasteiger partial charge < -0.3 is 10.7 Å². The van der Waals surface area contributed by atoms with Crippen LogP contribution in [-0.2, 0) is 16.4 Å². The molecule has 104 valence electrons. The van der Waals surface area contributed by atoms with Crippen LogP contribution >= 0.6 is 0 Å². The zero-order valence-electron chi connectivity index (χ0n) is 11.0. The van der Waals surface area contributed by atoms with E-state index < -0.39 is 10.0 Å². The molecule has 7 heteroatoms. The lowest BCUT2D eigenvalue weighted by Crippen LogP contribution is -2.28. The van der Waals surface area contributed by atoms with Crippen LogP contribution in [0, 0.1) is 0 Å². The molecule has 1 aromatic heterocycles. The van der Waals surface area contributed by atoms with Crippen LogP contribution in [0.4, 0.5) is 0 Å². The molecule has 0 aromatic carbocycles. The second-order valence-electron chi connectivity index (χ2n) is 4.22. The average molecular weight is 274 g/mol. The number of aromatic amines is 1. The summed E-state index contributed by atoms with van der Waals surface area (Å²) in [5.41, 5.74) is 5.40. The molecule has 6 nitrogen and oxygen atoms in total. The molecule has 0 spiro atoms. The van der Waals surface area contributed by atoms with E-state index in [1.54, 1.807) is 7.05 Å². The number of nitrogens with two attached hydrogens (primary N) is 1. The summed E-state index contributed by atoms with van der Waals surface area (Å²) in [6.45, 7) is 3.07. The van der Waals surface area contributed by atoms with Crippen molar-refractivity contribution in [3.05, 3.63) is 12.0 Å². The molecular formula is C11H22N4O2S. The zero-order valence-corrected chi connectivity index (χ0v) is 11.8. The van der Waals surface area contributed by atoms with Crippen molar-refractivity contribution >= 4 is 10.0 Å². The Kier molecular flexibility index (Phi) is 5.77. The largest absolute Gasteiger partial charge is 0.332 e. The summed E-state index contributed by atoms with van der Waals surface area (Å²) in [5, 5.41) is 0.167. The van der Waals surface area contributed by atoms with Crippen LogP contribution < -0.4 is 5.73 Å². The molecule has 0 saturated heterocycles. The summed E-state index contributed by atoms with van der Waals surface area (Å²) in [7, 11) is -1.84. The van der Waals surface area contributed by atoms with Crippen LogP contribution in [0.3, 0.4) is 0 Å². The highest BCUT2D eigenvalue weighted by molar-refractivity contribution is 7.89. The fourth-order valence-corrected chi connectivity index (χ4v) is 2.74. The van der Waals surface area contributed by atoms with E-state index in [0.29, 0.717) is 25.3 Å². The van der Waals surface area contributed by atoms with E-state index in [1.165, 1.54) is 10.5 Å². The Balaban J connectivity index is 2.62. The Labute approximate surface area is 109 Å². The molecule has 0 fully saturated rings. The lowest BCUT2D eigenvalue weighted by Gasteiger charge is -2.15. The SMILES string of the molecule is CCc1ncc(S(=O)(=O)N(C)CCCCCN)[nH]1.